The third-order valence-corrected chi connectivity index (χ3v) is 4.09. The molecule has 8 nitrogen and oxygen atoms in total. The summed E-state index contributed by atoms with van der Waals surface area (Å²) in [6.07, 6.45) is 6.35. The summed E-state index contributed by atoms with van der Waals surface area (Å²) in [5.74, 6) is -2.08. The van der Waals surface area contributed by atoms with Gasteiger partial charge in [0.25, 0.3) is 0 Å². The van der Waals surface area contributed by atoms with Crippen molar-refractivity contribution in [3.05, 3.63) is 60.0 Å². The summed E-state index contributed by atoms with van der Waals surface area (Å²) in [5.41, 5.74) is 7.18. The minimum atomic E-state index is -0.777. The van der Waals surface area contributed by atoms with Crippen LogP contribution < -0.4 is 11.1 Å². The van der Waals surface area contributed by atoms with Gasteiger partial charge in [0.2, 0.25) is 5.91 Å². The van der Waals surface area contributed by atoms with Gasteiger partial charge in [0.1, 0.15) is 11.6 Å². The van der Waals surface area contributed by atoms with Crippen molar-refractivity contribution in [3.8, 4) is 0 Å². The van der Waals surface area contributed by atoms with Gasteiger partial charge < -0.3 is 25.5 Å². The van der Waals surface area contributed by atoms with Gasteiger partial charge in [0.15, 0.2) is 0 Å². The number of allylic oxidation sites excluding steroid dienone is 2. The molecule has 1 heterocycles. The van der Waals surface area contributed by atoms with Crippen molar-refractivity contribution in [3.63, 3.8) is 0 Å². The number of H-pyrrole nitrogens is 1. The van der Waals surface area contributed by atoms with Gasteiger partial charge in [-0.05, 0) is 43.8 Å². The number of hydrogen-bond donors (Lipinski definition) is 3. The molecule has 0 spiro atoms. The second kappa shape index (κ2) is 10.7. The van der Waals surface area contributed by atoms with Crippen LogP contribution in [-0.2, 0) is 30.3 Å². The Kier molecular flexibility index (Phi) is 8.02. The Morgan fingerprint density at radius 3 is 2.41 bits per heavy atom. The predicted molar refractivity (Wildman–Crippen MR) is 109 cm³/mol. The summed E-state index contributed by atoms with van der Waals surface area (Å²) in [4.78, 5) is 38.8. The number of para-hydroxylation sites is 1. The van der Waals surface area contributed by atoms with Crippen molar-refractivity contribution in [1.29, 1.82) is 0 Å². The molecule has 4 N–H and O–H groups in total. The van der Waals surface area contributed by atoms with E-state index in [-0.39, 0.29) is 18.8 Å². The summed E-state index contributed by atoms with van der Waals surface area (Å²) in [6, 6.07) is 7.08. The lowest BCUT2D eigenvalue weighted by molar-refractivity contribution is -0.146. The average Bonchev–Trinajstić information content (AvgIpc) is 3.10. The van der Waals surface area contributed by atoms with Crippen LogP contribution in [0.1, 0.15) is 19.4 Å². The normalized spacial score (nSPS) is 11.8. The van der Waals surface area contributed by atoms with Crippen LogP contribution in [0.15, 0.2) is 54.4 Å². The fourth-order valence-electron chi connectivity index (χ4n) is 2.72. The molecule has 1 atom stereocenters. The molecule has 0 aliphatic rings. The fraction of sp³-hybridized carbons (Fsp3) is 0.286. The number of carbonyl (C=O) groups excluding carboxylic acids is 3. The molecule has 0 fully saturated rings. The Balaban J connectivity index is 2.10. The minimum absolute atomic E-state index is 0.131. The number of nitrogens with two attached hydrogens (primary N) is 1. The zero-order chi connectivity index (χ0) is 21.2. The van der Waals surface area contributed by atoms with Gasteiger partial charge >= 0.3 is 11.9 Å². The number of hydrogen-bond acceptors (Lipinski definition) is 6. The first-order chi connectivity index (χ1) is 14.0. The SMILES string of the molecule is CCOC(=O)C(=CC=CNC(Cc1c[nH]c2ccccc12)C(N)=O)C(=O)OCC. The van der Waals surface area contributed by atoms with Gasteiger partial charge in [0.05, 0.1) is 13.2 Å². The number of ether oxygens (including phenoxy) is 2. The van der Waals surface area contributed by atoms with Crippen molar-refractivity contribution >= 4 is 28.7 Å². The molecule has 0 aliphatic carbocycles. The molecule has 1 aromatic heterocycles. The molecule has 1 aromatic carbocycles. The van der Waals surface area contributed by atoms with Gasteiger partial charge in [-0.15, -0.1) is 0 Å². The van der Waals surface area contributed by atoms with Crippen LogP contribution in [0.3, 0.4) is 0 Å². The number of primary amides is 1. The van der Waals surface area contributed by atoms with E-state index in [1.165, 1.54) is 18.4 Å². The lowest BCUT2D eigenvalue weighted by Gasteiger charge is -2.13. The summed E-state index contributed by atoms with van der Waals surface area (Å²) < 4.78 is 9.72. The van der Waals surface area contributed by atoms with Crippen molar-refractivity contribution < 1.29 is 23.9 Å². The highest BCUT2D eigenvalue weighted by molar-refractivity contribution is 6.14. The van der Waals surface area contributed by atoms with Gasteiger partial charge in [-0.25, -0.2) is 9.59 Å². The number of carbonyl (C=O) groups is 3. The first-order valence-corrected chi connectivity index (χ1v) is 9.29. The molecular formula is C21H25N3O5. The maximum atomic E-state index is 11.9. The third-order valence-electron chi connectivity index (χ3n) is 4.09. The maximum absolute atomic E-state index is 11.9. The number of esters is 2. The standard InChI is InChI=1S/C21H25N3O5/c1-3-28-20(26)16(21(27)29-4-2)9-7-11-23-18(19(22)25)12-14-13-24-17-10-6-5-8-15(14)17/h5-11,13,18,23-24H,3-4,12H2,1-2H3,(H2,22,25). The fourth-order valence-corrected chi connectivity index (χ4v) is 2.72. The highest BCUT2D eigenvalue weighted by atomic mass is 16.6. The molecule has 0 saturated heterocycles. The lowest BCUT2D eigenvalue weighted by Crippen LogP contribution is -2.40. The number of aromatic amines is 1. The van der Waals surface area contributed by atoms with Gasteiger partial charge in [-0.2, -0.15) is 0 Å². The summed E-state index contributed by atoms with van der Waals surface area (Å²) in [7, 11) is 0. The molecule has 0 radical (unpaired) electrons. The van der Waals surface area contributed by atoms with Crippen LogP contribution in [0.2, 0.25) is 0 Å². The van der Waals surface area contributed by atoms with Crippen LogP contribution in [0.4, 0.5) is 0 Å². The first kappa shape index (κ1) is 21.7. The Morgan fingerprint density at radius 1 is 1.14 bits per heavy atom. The van der Waals surface area contributed by atoms with Gasteiger partial charge in [-0.3, -0.25) is 4.79 Å². The van der Waals surface area contributed by atoms with E-state index in [1.807, 2.05) is 30.5 Å². The zero-order valence-corrected chi connectivity index (χ0v) is 16.4. The van der Waals surface area contributed by atoms with E-state index in [2.05, 4.69) is 10.3 Å². The summed E-state index contributed by atoms with van der Waals surface area (Å²) >= 11 is 0. The third kappa shape index (κ3) is 5.97. The van der Waals surface area contributed by atoms with Gasteiger partial charge in [0, 0.05) is 23.5 Å². The van der Waals surface area contributed by atoms with E-state index in [4.69, 9.17) is 15.2 Å². The van der Waals surface area contributed by atoms with Crippen LogP contribution in [0, 0.1) is 0 Å². The van der Waals surface area contributed by atoms with Crippen LogP contribution in [0.25, 0.3) is 10.9 Å². The van der Waals surface area contributed by atoms with Crippen molar-refractivity contribution in [2.45, 2.75) is 26.3 Å². The Bertz CT molecular complexity index is 909. The molecule has 154 valence electrons. The van der Waals surface area contributed by atoms with E-state index in [1.54, 1.807) is 13.8 Å². The number of nitrogens with one attached hydrogen (secondary N) is 2. The number of aromatic nitrogens is 1. The molecule has 2 aromatic rings. The molecule has 2 rings (SSSR count). The first-order valence-electron chi connectivity index (χ1n) is 9.29. The predicted octanol–water partition coefficient (Wildman–Crippen LogP) is 1.72. The number of benzene rings is 1. The van der Waals surface area contributed by atoms with Gasteiger partial charge in [-0.1, -0.05) is 18.2 Å². The molecule has 0 saturated carbocycles. The maximum Gasteiger partial charge on any atom is 0.345 e. The van der Waals surface area contributed by atoms with E-state index < -0.39 is 23.9 Å². The highest BCUT2D eigenvalue weighted by Gasteiger charge is 2.20. The van der Waals surface area contributed by atoms with Crippen molar-refractivity contribution in [2.24, 2.45) is 5.73 Å². The smallest absolute Gasteiger partial charge is 0.345 e. The van der Waals surface area contributed by atoms with E-state index in [0.717, 1.165) is 16.5 Å². The lowest BCUT2D eigenvalue weighted by atomic mass is 10.0. The van der Waals surface area contributed by atoms with E-state index in [0.29, 0.717) is 6.42 Å². The summed E-state index contributed by atoms with van der Waals surface area (Å²) in [6.45, 7) is 3.54. The molecule has 29 heavy (non-hydrogen) atoms. The second-order valence-corrected chi connectivity index (χ2v) is 6.07. The highest BCUT2D eigenvalue weighted by Crippen LogP contribution is 2.19. The van der Waals surface area contributed by atoms with E-state index in [9.17, 15) is 14.4 Å². The van der Waals surface area contributed by atoms with Crippen LogP contribution in [0.5, 0.6) is 0 Å². The van der Waals surface area contributed by atoms with Crippen molar-refractivity contribution in [1.82, 2.24) is 10.3 Å². The molecule has 0 aliphatic heterocycles. The monoisotopic (exact) mass is 399 g/mol. The zero-order valence-electron chi connectivity index (χ0n) is 16.4. The number of amides is 1. The largest absolute Gasteiger partial charge is 0.462 e. The van der Waals surface area contributed by atoms with E-state index >= 15 is 0 Å². The Labute approximate surface area is 168 Å². The molecule has 1 amide bonds. The molecular weight excluding hydrogens is 374 g/mol. The second-order valence-electron chi connectivity index (χ2n) is 6.07. The quantitative estimate of drug-likeness (QED) is 0.184. The van der Waals surface area contributed by atoms with Crippen LogP contribution in [-0.4, -0.2) is 42.1 Å². The molecule has 1 unspecified atom stereocenters. The topological polar surface area (TPSA) is 124 Å². The number of fused-ring (bicyclic) bond motifs is 1. The minimum Gasteiger partial charge on any atom is -0.462 e. The Morgan fingerprint density at radius 2 is 1.79 bits per heavy atom. The number of rotatable bonds is 10. The Hall–Kier alpha value is -3.55. The average molecular weight is 399 g/mol. The molecule has 0 bridgehead atoms. The van der Waals surface area contributed by atoms with Crippen LogP contribution >= 0.6 is 0 Å². The molecule has 8 heteroatoms. The summed E-state index contributed by atoms with van der Waals surface area (Å²) in [5, 5.41) is 3.91. The van der Waals surface area contributed by atoms with Crippen molar-refractivity contribution in [2.75, 3.05) is 13.2 Å².